The Hall–Kier alpha value is -2.77. The van der Waals surface area contributed by atoms with Crippen LogP contribution < -0.4 is 10.6 Å². The Morgan fingerprint density at radius 3 is 2.35 bits per heavy atom. The Balaban J connectivity index is 1.90. The van der Waals surface area contributed by atoms with Crippen molar-refractivity contribution >= 4 is 11.9 Å². The van der Waals surface area contributed by atoms with E-state index >= 15 is 0 Å². The highest BCUT2D eigenvalue weighted by Crippen LogP contribution is 2.28. The zero-order chi connectivity index (χ0) is 16.8. The van der Waals surface area contributed by atoms with Crippen molar-refractivity contribution in [2.24, 2.45) is 0 Å². The topological polar surface area (TPSA) is 97.1 Å². The number of aromatic nitrogens is 2. The van der Waals surface area contributed by atoms with Gasteiger partial charge in [-0.05, 0) is 26.3 Å². The molecule has 1 aliphatic heterocycles. The van der Waals surface area contributed by atoms with Crippen LogP contribution in [0.5, 0.6) is 0 Å². The standard InChI is InChI=1S/C15H15FN4O3/c1-14(2,16)12-17-10(20-23-12)8-4-6-9(7-5-8)15(3)11(21)18-13(22)19-15/h4-7H,1-3H3,(H2,18,19,21,22). The Morgan fingerprint density at radius 1 is 1.22 bits per heavy atom. The van der Waals surface area contributed by atoms with E-state index in [4.69, 9.17) is 4.52 Å². The van der Waals surface area contributed by atoms with Crippen molar-refractivity contribution in [3.8, 4) is 11.4 Å². The summed E-state index contributed by atoms with van der Waals surface area (Å²) in [6.07, 6.45) is 0. The van der Waals surface area contributed by atoms with Gasteiger partial charge in [-0.2, -0.15) is 4.98 Å². The first kappa shape index (κ1) is 15.1. The van der Waals surface area contributed by atoms with Crippen LogP contribution in [-0.2, 0) is 16.0 Å². The summed E-state index contributed by atoms with van der Waals surface area (Å²) < 4.78 is 18.7. The summed E-state index contributed by atoms with van der Waals surface area (Å²) in [7, 11) is 0. The zero-order valence-corrected chi connectivity index (χ0v) is 12.8. The minimum Gasteiger partial charge on any atom is -0.335 e. The van der Waals surface area contributed by atoms with E-state index < -0.39 is 23.1 Å². The van der Waals surface area contributed by atoms with E-state index in [9.17, 15) is 14.0 Å². The van der Waals surface area contributed by atoms with Crippen LogP contribution in [0.25, 0.3) is 11.4 Å². The second-order valence-corrected chi connectivity index (χ2v) is 6.01. The molecule has 0 aliphatic carbocycles. The van der Waals surface area contributed by atoms with Crippen molar-refractivity contribution in [3.05, 3.63) is 35.7 Å². The molecule has 2 heterocycles. The zero-order valence-electron chi connectivity index (χ0n) is 12.8. The third-order valence-electron chi connectivity index (χ3n) is 3.70. The van der Waals surface area contributed by atoms with Crippen LogP contribution in [-0.4, -0.2) is 22.1 Å². The summed E-state index contributed by atoms with van der Waals surface area (Å²) in [6.45, 7) is 4.27. The molecule has 1 atom stereocenters. The number of nitrogens with one attached hydrogen (secondary N) is 2. The quantitative estimate of drug-likeness (QED) is 0.844. The summed E-state index contributed by atoms with van der Waals surface area (Å²) >= 11 is 0. The van der Waals surface area contributed by atoms with Crippen molar-refractivity contribution in [3.63, 3.8) is 0 Å². The first-order valence-electron chi connectivity index (χ1n) is 6.98. The van der Waals surface area contributed by atoms with E-state index in [1.807, 2.05) is 0 Å². The van der Waals surface area contributed by atoms with Crippen LogP contribution in [0.3, 0.4) is 0 Å². The van der Waals surface area contributed by atoms with E-state index in [1.54, 1.807) is 31.2 Å². The summed E-state index contributed by atoms with van der Waals surface area (Å²) in [5, 5.41) is 8.53. The van der Waals surface area contributed by atoms with Crippen LogP contribution in [0.4, 0.5) is 9.18 Å². The fourth-order valence-electron chi connectivity index (χ4n) is 2.28. The van der Waals surface area contributed by atoms with Gasteiger partial charge in [0.1, 0.15) is 5.54 Å². The molecule has 0 radical (unpaired) electrons. The third kappa shape index (κ3) is 2.56. The van der Waals surface area contributed by atoms with E-state index in [1.165, 1.54) is 13.8 Å². The number of urea groups is 1. The molecule has 23 heavy (non-hydrogen) atoms. The lowest BCUT2D eigenvalue weighted by atomic mass is 9.91. The molecule has 0 saturated carbocycles. The predicted octanol–water partition coefficient (Wildman–Crippen LogP) is 2.00. The Kier molecular flexibility index (Phi) is 3.20. The number of halogens is 1. The molecule has 3 amide bonds. The van der Waals surface area contributed by atoms with Crippen molar-refractivity contribution in [1.29, 1.82) is 0 Å². The monoisotopic (exact) mass is 318 g/mol. The number of carbonyl (C=O) groups excluding carboxylic acids is 2. The van der Waals surface area contributed by atoms with Crippen molar-refractivity contribution in [2.45, 2.75) is 32.0 Å². The van der Waals surface area contributed by atoms with Crippen molar-refractivity contribution in [2.75, 3.05) is 0 Å². The Morgan fingerprint density at radius 2 is 1.87 bits per heavy atom. The maximum absolute atomic E-state index is 13.8. The second-order valence-electron chi connectivity index (χ2n) is 6.01. The maximum Gasteiger partial charge on any atom is 0.322 e. The van der Waals surface area contributed by atoms with Crippen molar-refractivity contribution in [1.82, 2.24) is 20.8 Å². The predicted molar refractivity (Wildman–Crippen MR) is 77.9 cm³/mol. The Labute approximate surface area is 131 Å². The summed E-state index contributed by atoms with van der Waals surface area (Å²) in [4.78, 5) is 27.2. The maximum atomic E-state index is 13.8. The fourth-order valence-corrected chi connectivity index (χ4v) is 2.28. The number of imide groups is 1. The van der Waals surface area contributed by atoms with Gasteiger partial charge in [0.05, 0.1) is 0 Å². The SMILES string of the molecule is CC(C)(F)c1nc(-c2ccc(C3(C)NC(=O)NC3=O)cc2)no1. The van der Waals surface area contributed by atoms with Gasteiger partial charge in [-0.15, -0.1) is 0 Å². The number of hydrogen-bond donors (Lipinski definition) is 2. The molecule has 1 aromatic carbocycles. The molecule has 120 valence electrons. The molecule has 1 aliphatic rings. The number of alkyl halides is 1. The molecule has 1 unspecified atom stereocenters. The van der Waals surface area contributed by atoms with Crippen LogP contribution in [0, 0.1) is 0 Å². The molecule has 7 nitrogen and oxygen atoms in total. The lowest BCUT2D eigenvalue weighted by Crippen LogP contribution is -2.40. The van der Waals surface area contributed by atoms with E-state index in [2.05, 4.69) is 20.8 Å². The van der Waals surface area contributed by atoms with Crippen LogP contribution in [0.2, 0.25) is 0 Å². The normalized spacial score (nSPS) is 21.2. The average Bonchev–Trinajstić information content (AvgIpc) is 3.05. The first-order valence-corrected chi connectivity index (χ1v) is 6.98. The summed E-state index contributed by atoms with van der Waals surface area (Å²) in [6, 6.07) is 6.18. The smallest absolute Gasteiger partial charge is 0.322 e. The van der Waals surface area contributed by atoms with Gasteiger partial charge in [0.15, 0.2) is 5.67 Å². The summed E-state index contributed by atoms with van der Waals surface area (Å²) in [5.41, 5.74) is -1.62. The number of nitrogens with zero attached hydrogens (tertiary/aromatic N) is 2. The number of hydrogen-bond acceptors (Lipinski definition) is 5. The molecular weight excluding hydrogens is 303 g/mol. The molecule has 0 spiro atoms. The van der Waals surface area contributed by atoms with Gasteiger partial charge < -0.3 is 9.84 Å². The number of rotatable bonds is 3. The van der Waals surface area contributed by atoms with Crippen LogP contribution in [0.15, 0.2) is 28.8 Å². The fraction of sp³-hybridized carbons (Fsp3) is 0.333. The van der Waals surface area contributed by atoms with Gasteiger partial charge in [-0.25, -0.2) is 9.18 Å². The Bertz CT molecular complexity index is 779. The molecule has 0 bridgehead atoms. The average molecular weight is 318 g/mol. The van der Waals surface area contributed by atoms with E-state index in [-0.39, 0.29) is 11.7 Å². The van der Waals surface area contributed by atoms with Gasteiger partial charge >= 0.3 is 6.03 Å². The van der Waals surface area contributed by atoms with Gasteiger partial charge in [0, 0.05) is 5.56 Å². The lowest BCUT2D eigenvalue weighted by molar-refractivity contribution is -0.123. The summed E-state index contributed by atoms with van der Waals surface area (Å²) in [5.74, 6) is -0.274. The highest BCUT2D eigenvalue weighted by atomic mass is 19.1. The number of benzene rings is 1. The molecule has 1 saturated heterocycles. The van der Waals surface area contributed by atoms with Crippen LogP contribution in [0.1, 0.15) is 32.2 Å². The second kappa shape index (κ2) is 4.87. The highest BCUT2D eigenvalue weighted by Gasteiger charge is 2.43. The number of carbonyl (C=O) groups is 2. The van der Waals surface area contributed by atoms with E-state index in [0.717, 1.165) is 0 Å². The molecule has 1 aromatic heterocycles. The third-order valence-corrected chi connectivity index (χ3v) is 3.70. The number of amides is 3. The van der Waals surface area contributed by atoms with Gasteiger partial charge in [-0.3, -0.25) is 10.1 Å². The highest BCUT2D eigenvalue weighted by molar-refractivity contribution is 6.07. The molecule has 8 heteroatoms. The van der Waals surface area contributed by atoms with E-state index in [0.29, 0.717) is 11.1 Å². The molecule has 2 aromatic rings. The minimum atomic E-state index is -1.72. The lowest BCUT2D eigenvalue weighted by Gasteiger charge is -2.20. The first-order chi connectivity index (χ1) is 10.7. The van der Waals surface area contributed by atoms with Gasteiger partial charge in [-0.1, -0.05) is 29.4 Å². The molecular formula is C15H15FN4O3. The minimum absolute atomic E-state index is 0.106. The molecule has 3 rings (SSSR count). The molecule has 1 fully saturated rings. The van der Waals surface area contributed by atoms with Crippen LogP contribution >= 0.6 is 0 Å². The molecule has 2 N–H and O–H groups in total. The largest absolute Gasteiger partial charge is 0.335 e. The van der Waals surface area contributed by atoms with Gasteiger partial charge in [0.25, 0.3) is 11.8 Å². The van der Waals surface area contributed by atoms with Crippen molar-refractivity contribution < 1.29 is 18.5 Å². The van der Waals surface area contributed by atoms with Gasteiger partial charge in [0.2, 0.25) is 5.82 Å².